The van der Waals surface area contributed by atoms with Crippen LogP contribution in [0, 0.1) is 0 Å². The molecule has 7 aromatic rings. The molecule has 0 bridgehead atoms. The van der Waals surface area contributed by atoms with Gasteiger partial charge in [-0.2, -0.15) is 0 Å². The molecule has 0 aliphatic heterocycles. The summed E-state index contributed by atoms with van der Waals surface area (Å²) in [5.41, 5.74) is 13.5. The quantitative estimate of drug-likeness (QED) is 0.184. The number of hydrogen-bond acceptors (Lipinski definition) is 0. The lowest BCUT2D eigenvalue weighted by molar-refractivity contribution is 0.660. The number of fused-ring (bicyclic) bond motifs is 6. The summed E-state index contributed by atoms with van der Waals surface area (Å²) < 4.78 is 0. The van der Waals surface area contributed by atoms with Crippen LogP contribution < -0.4 is 10.4 Å². The lowest BCUT2D eigenvalue weighted by Gasteiger charge is -2.24. The normalized spacial score (nSPS) is 14.6. The van der Waals surface area contributed by atoms with Crippen LogP contribution in [0.1, 0.15) is 43.4 Å². The van der Waals surface area contributed by atoms with E-state index in [1.54, 1.807) is 0 Å². The predicted molar refractivity (Wildman–Crippen MR) is 192 cm³/mol. The second-order valence-electron chi connectivity index (χ2n) is 13.2. The van der Waals surface area contributed by atoms with Crippen molar-refractivity contribution in [2.75, 3.05) is 0 Å². The smallest absolute Gasteiger partial charge is 0.0159 e. The molecule has 0 atom stereocenters. The van der Waals surface area contributed by atoms with Gasteiger partial charge >= 0.3 is 0 Å². The molecule has 0 aromatic heterocycles. The highest BCUT2D eigenvalue weighted by Gasteiger charge is 2.35. The van der Waals surface area contributed by atoms with Crippen molar-refractivity contribution in [3.8, 4) is 33.4 Å². The molecule has 45 heavy (non-hydrogen) atoms. The Morgan fingerprint density at radius 1 is 0.467 bits per heavy atom. The first-order chi connectivity index (χ1) is 22.1. The number of rotatable bonds is 3. The molecule has 2 aliphatic rings. The van der Waals surface area contributed by atoms with Crippen molar-refractivity contribution in [2.45, 2.75) is 32.1 Å². The summed E-state index contributed by atoms with van der Waals surface area (Å²) in [7, 11) is 0. The van der Waals surface area contributed by atoms with Gasteiger partial charge in [0, 0.05) is 5.41 Å². The van der Waals surface area contributed by atoms with Crippen LogP contribution in [0.15, 0.2) is 140 Å². The average Bonchev–Trinajstić information content (AvgIpc) is 3.33. The van der Waals surface area contributed by atoms with Crippen molar-refractivity contribution in [3.05, 3.63) is 167 Å². The molecular formula is C45H34. The maximum Gasteiger partial charge on any atom is 0.0159 e. The van der Waals surface area contributed by atoms with Crippen LogP contribution in [0.5, 0.6) is 0 Å². The third-order valence-electron chi connectivity index (χ3n) is 10.3. The first-order valence-electron chi connectivity index (χ1n) is 16.2. The number of benzene rings is 7. The fraction of sp³-hybridized carbons (Fsp3) is 0.111. The Morgan fingerprint density at radius 2 is 1.13 bits per heavy atom. The summed E-state index contributed by atoms with van der Waals surface area (Å²) in [6.07, 6.45) is 4.50. The molecule has 0 amide bonds. The van der Waals surface area contributed by atoms with Crippen LogP contribution in [0.3, 0.4) is 0 Å². The van der Waals surface area contributed by atoms with Crippen LogP contribution in [0.25, 0.3) is 66.6 Å². The van der Waals surface area contributed by atoms with E-state index in [1.807, 2.05) is 0 Å². The Morgan fingerprint density at radius 3 is 2.00 bits per heavy atom. The second kappa shape index (κ2) is 9.91. The van der Waals surface area contributed by atoms with E-state index in [-0.39, 0.29) is 5.41 Å². The van der Waals surface area contributed by atoms with Crippen molar-refractivity contribution < 1.29 is 0 Å². The zero-order valence-corrected chi connectivity index (χ0v) is 25.8. The number of hydrogen-bond donors (Lipinski definition) is 0. The molecule has 214 valence electrons. The summed E-state index contributed by atoms with van der Waals surface area (Å²) in [5.74, 6) is 0. The molecule has 0 saturated heterocycles. The van der Waals surface area contributed by atoms with Gasteiger partial charge in [-0.25, -0.2) is 0 Å². The summed E-state index contributed by atoms with van der Waals surface area (Å²) in [6, 6.07) is 52.2. The van der Waals surface area contributed by atoms with E-state index in [1.165, 1.54) is 87.6 Å². The molecule has 0 radical (unpaired) electrons. The van der Waals surface area contributed by atoms with Crippen molar-refractivity contribution >= 4 is 33.2 Å². The summed E-state index contributed by atoms with van der Waals surface area (Å²) in [6.45, 7) is 4.75. The van der Waals surface area contributed by atoms with Gasteiger partial charge in [0.1, 0.15) is 0 Å². The SMILES string of the molecule is CC1(C)c2ccccc2-c2ccc(-c3c4ccccc4c(C4=c5ccccc5=CCC4)c4cc(-c5ccccc5)ccc34)cc21. The van der Waals surface area contributed by atoms with Gasteiger partial charge < -0.3 is 0 Å². The van der Waals surface area contributed by atoms with Gasteiger partial charge in [-0.1, -0.05) is 147 Å². The van der Waals surface area contributed by atoms with Gasteiger partial charge in [0.25, 0.3) is 0 Å². The van der Waals surface area contributed by atoms with Crippen LogP contribution >= 0.6 is 0 Å². The van der Waals surface area contributed by atoms with Crippen molar-refractivity contribution in [2.24, 2.45) is 0 Å². The largest absolute Gasteiger partial charge is 0.0763 e. The molecular weight excluding hydrogens is 540 g/mol. The van der Waals surface area contributed by atoms with Crippen molar-refractivity contribution in [3.63, 3.8) is 0 Å². The molecule has 2 aliphatic carbocycles. The van der Waals surface area contributed by atoms with Crippen LogP contribution in [-0.4, -0.2) is 0 Å². The molecule has 0 spiro atoms. The Kier molecular flexibility index (Phi) is 5.77. The maximum absolute atomic E-state index is 2.49. The second-order valence-corrected chi connectivity index (χ2v) is 13.2. The molecule has 0 heteroatoms. The van der Waals surface area contributed by atoms with E-state index in [0.29, 0.717) is 0 Å². The summed E-state index contributed by atoms with van der Waals surface area (Å²) in [4.78, 5) is 0. The minimum absolute atomic E-state index is 0.0495. The molecule has 0 unspecified atom stereocenters. The maximum atomic E-state index is 2.49. The van der Waals surface area contributed by atoms with E-state index in [2.05, 4.69) is 159 Å². The lowest BCUT2D eigenvalue weighted by atomic mass is 9.79. The van der Waals surface area contributed by atoms with E-state index in [9.17, 15) is 0 Å². The topological polar surface area (TPSA) is 0 Å². The Hall–Kier alpha value is -5.20. The Labute approximate surface area is 264 Å². The third kappa shape index (κ3) is 3.92. The zero-order chi connectivity index (χ0) is 30.1. The van der Waals surface area contributed by atoms with Crippen LogP contribution in [0.2, 0.25) is 0 Å². The van der Waals surface area contributed by atoms with Crippen molar-refractivity contribution in [1.82, 2.24) is 0 Å². The molecule has 0 N–H and O–H groups in total. The van der Waals surface area contributed by atoms with E-state index < -0.39 is 0 Å². The Bertz CT molecular complexity index is 2440. The highest BCUT2D eigenvalue weighted by Crippen LogP contribution is 2.51. The minimum atomic E-state index is -0.0495. The van der Waals surface area contributed by atoms with E-state index in [0.717, 1.165) is 12.8 Å². The zero-order valence-electron chi connectivity index (χ0n) is 25.8. The molecule has 7 aromatic carbocycles. The van der Waals surface area contributed by atoms with E-state index in [4.69, 9.17) is 0 Å². The highest BCUT2D eigenvalue weighted by atomic mass is 14.4. The van der Waals surface area contributed by atoms with Gasteiger partial charge in [0.15, 0.2) is 0 Å². The van der Waals surface area contributed by atoms with Gasteiger partial charge in [0.05, 0.1) is 0 Å². The van der Waals surface area contributed by atoms with Gasteiger partial charge in [-0.05, 0) is 113 Å². The first-order valence-corrected chi connectivity index (χ1v) is 16.2. The summed E-state index contributed by atoms with van der Waals surface area (Å²) >= 11 is 0. The fourth-order valence-electron chi connectivity index (χ4n) is 8.20. The average molecular weight is 575 g/mol. The Balaban J connectivity index is 1.41. The van der Waals surface area contributed by atoms with Gasteiger partial charge in [-0.3, -0.25) is 0 Å². The van der Waals surface area contributed by atoms with Crippen LogP contribution in [0.4, 0.5) is 0 Å². The van der Waals surface area contributed by atoms with E-state index >= 15 is 0 Å². The van der Waals surface area contributed by atoms with Gasteiger partial charge in [0.2, 0.25) is 0 Å². The molecule has 0 saturated carbocycles. The first kappa shape index (κ1) is 26.2. The molecule has 0 heterocycles. The predicted octanol–water partition coefficient (Wildman–Crippen LogP) is 10.4. The third-order valence-corrected chi connectivity index (χ3v) is 10.3. The van der Waals surface area contributed by atoms with Crippen molar-refractivity contribution in [1.29, 1.82) is 0 Å². The molecule has 0 fully saturated rings. The van der Waals surface area contributed by atoms with Gasteiger partial charge in [-0.15, -0.1) is 0 Å². The minimum Gasteiger partial charge on any atom is -0.0763 e. The molecule has 9 rings (SSSR count). The monoisotopic (exact) mass is 574 g/mol. The molecule has 0 nitrogen and oxygen atoms in total. The lowest BCUT2D eigenvalue weighted by Crippen LogP contribution is -2.29. The fourth-order valence-corrected chi connectivity index (χ4v) is 8.20. The highest BCUT2D eigenvalue weighted by molar-refractivity contribution is 6.19. The standard InChI is InChI=1S/C45H34/c1-45(2)41-22-11-10-18-34(41)35-25-24-32(28-42(35)45)43-37-19-8-9-20-38(37)44(36-21-12-16-30-15-6-7-17-33(30)36)40-27-31(23-26-39(40)43)29-13-4-3-5-14-29/h3-11,13-20,22-28H,12,21H2,1-2H3. The summed E-state index contributed by atoms with van der Waals surface area (Å²) in [5, 5.41) is 8.01. The van der Waals surface area contributed by atoms with Crippen LogP contribution in [-0.2, 0) is 5.41 Å².